The molecule has 0 bridgehead atoms. The van der Waals surface area contributed by atoms with Gasteiger partial charge in [0.15, 0.2) is 0 Å². The maximum atomic E-state index is 11.5. The molecule has 1 fully saturated rings. The number of ether oxygens (including phenoxy) is 1. The van der Waals surface area contributed by atoms with Crippen molar-refractivity contribution in [2.24, 2.45) is 7.05 Å². The van der Waals surface area contributed by atoms with Crippen LogP contribution in [0.15, 0.2) is 48.7 Å². The summed E-state index contributed by atoms with van der Waals surface area (Å²) >= 11 is 0. The number of hydrogen-bond donors (Lipinski definition) is 0. The van der Waals surface area contributed by atoms with Crippen LogP contribution in [0.3, 0.4) is 0 Å². The molecule has 1 saturated heterocycles. The highest BCUT2D eigenvalue weighted by Crippen LogP contribution is 2.35. The predicted octanol–water partition coefficient (Wildman–Crippen LogP) is 2.28. The lowest BCUT2D eigenvalue weighted by molar-refractivity contribution is -0.135. The number of rotatable bonds is 2. The molecule has 0 amide bonds. The van der Waals surface area contributed by atoms with E-state index in [0.29, 0.717) is 12.2 Å². The number of benzene rings is 1. The van der Waals surface area contributed by atoms with Gasteiger partial charge >= 0.3 is 5.97 Å². The van der Waals surface area contributed by atoms with Gasteiger partial charge in [0.05, 0.1) is 11.6 Å². The molecule has 1 aliphatic rings. The summed E-state index contributed by atoms with van der Waals surface area (Å²) in [6.07, 6.45) is 1.90. The maximum Gasteiger partial charge on any atom is 0.334 e. The van der Waals surface area contributed by atoms with Crippen molar-refractivity contribution in [1.29, 1.82) is 0 Å². The van der Waals surface area contributed by atoms with Crippen molar-refractivity contribution in [3.8, 4) is 11.3 Å². The van der Waals surface area contributed by atoms with Gasteiger partial charge in [-0.2, -0.15) is 5.10 Å². The van der Waals surface area contributed by atoms with Crippen molar-refractivity contribution < 1.29 is 9.53 Å². The fourth-order valence-corrected chi connectivity index (χ4v) is 2.36. The summed E-state index contributed by atoms with van der Waals surface area (Å²) < 4.78 is 6.83. The Bertz CT molecular complexity index is 658. The van der Waals surface area contributed by atoms with E-state index in [1.54, 1.807) is 4.68 Å². The number of cyclic esters (lactones) is 1. The normalized spacial score (nSPS) is 18.7. The Morgan fingerprint density at radius 3 is 2.79 bits per heavy atom. The second-order valence-electron chi connectivity index (χ2n) is 4.64. The van der Waals surface area contributed by atoms with Crippen LogP contribution in [0, 0.1) is 0 Å². The van der Waals surface area contributed by atoms with Crippen molar-refractivity contribution >= 4 is 5.97 Å². The van der Waals surface area contributed by atoms with Crippen molar-refractivity contribution in [3.05, 3.63) is 54.2 Å². The van der Waals surface area contributed by atoms with Gasteiger partial charge in [0.1, 0.15) is 6.61 Å². The first-order chi connectivity index (χ1) is 9.16. The van der Waals surface area contributed by atoms with E-state index in [0.717, 1.165) is 16.8 Å². The van der Waals surface area contributed by atoms with E-state index in [2.05, 4.69) is 11.7 Å². The number of hydrogen-bond acceptors (Lipinski definition) is 3. The summed E-state index contributed by atoms with van der Waals surface area (Å²) in [5.74, 6) is -0.383. The van der Waals surface area contributed by atoms with Crippen molar-refractivity contribution in [2.75, 3.05) is 6.61 Å². The van der Waals surface area contributed by atoms with Gasteiger partial charge in [-0.1, -0.05) is 30.8 Å². The molecule has 0 spiro atoms. The van der Waals surface area contributed by atoms with Crippen molar-refractivity contribution in [1.82, 2.24) is 9.78 Å². The Labute approximate surface area is 111 Å². The molecule has 0 N–H and O–H groups in total. The number of nitrogens with zero attached hydrogens (tertiary/aromatic N) is 2. The fourth-order valence-electron chi connectivity index (χ4n) is 2.36. The quantitative estimate of drug-likeness (QED) is 0.610. The summed E-state index contributed by atoms with van der Waals surface area (Å²) in [4.78, 5) is 11.5. The van der Waals surface area contributed by atoms with E-state index in [4.69, 9.17) is 4.74 Å². The van der Waals surface area contributed by atoms with Crippen LogP contribution in [-0.2, 0) is 16.6 Å². The summed E-state index contributed by atoms with van der Waals surface area (Å²) in [7, 11) is 1.88. The van der Waals surface area contributed by atoms with Gasteiger partial charge in [0.25, 0.3) is 0 Å². The minimum Gasteiger partial charge on any atom is -0.461 e. The highest BCUT2D eigenvalue weighted by molar-refractivity contribution is 5.92. The molecule has 1 aromatic heterocycles. The minimum absolute atomic E-state index is 0.0780. The standard InChI is InChI=1S/C15H14N2O2/c1-10-13(9-19-15(10)18)11-5-3-4-6-12(11)14-7-8-17(2)16-14/h3-8,13H,1,9H2,2H3. The van der Waals surface area contributed by atoms with E-state index in [1.807, 2.05) is 43.6 Å². The van der Waals surface area contributed by atoms with Gasteiger partial charge in [-0.25, -0.2) is 4.79 Å². The molecule has 2 heterocycles. The smallest absolute Gasteiger partial charge is 0.334 e. The van der Waals surface area contributed by atoms with Crippen LogP contribution in [0.2, 0.25) is 0 Å². The first-order valence-corrected chi connectivity index (χ1v) is 6.11. The van der Waals surface area contributed by atoms with Crippen LogP contribution in [0.4, 0.5) is 0 Å². The third-order valence-electron chi connectivity index (χ3n) is 3.39. The maximum absolute atomic E-state index is 11.5. The monoisotopic (exact) mass is 254 g/mol. The van der Waals surface area contributed by atoms with Crippen LogP contribution < -0.4 is 0 Å². The van der Waals surface area contributed by atoms with E-state index in [9.17, 15) is 4.79 Å². The molecule has 1 aromatic carbocycles. The van der Waals surface area contributed by atoms with Crippen molar-refractivity contribution in [2.45, 2.75) is 5.92 Å². The van der Waals surface area contributed by atoms with Gasteiger partial charge in [0.2, 0.25) is 0 Å². The Hall–Kier alpha value is -2.36. The van der Waals surface area contributed by atoms with Crippen LogP contribution in [-0.4, -0.2) is 22.4 Å². The summed E-state index contributed by atoms with van der Waals surface area (Å²) in [5.41, 5.74) is 3.47. The second-order valence-corrected chi connectivity index (χ2v) is 4.64. The minimum atomic E-state index is -0.305. The molecule has 0 saturated carbocycles. The zero-order chi connectivity index (χ0) is 13.4. The third-order valence-corrected chi connectivity index (χ3v) is 3.39. The lowest BCUT2D eigenvalue weighted by atomic mass is 9.89. The molecule has 4 heteroatoms. The molecule has 2 aromatic rings. The predicted molar refractivity (Wildman–Crippen MR) is 71.5 cm³/mol. The van der Waals surface area contributed by atoms with Gasteiger partial charge in [-0.15, -0.1) is 0 Å². The molecule has 1 aliphatic heterocycles. The zero-order valence-corrected chi connectivity index (χ0v) is 10.7. The number of esters is 1. The van der Waals surface area contributed by atoms with E-state index >= 15 is 0 Å². The molecule has 1 atom stereocenters. The first-order valence-electron chi connectivity index (χ1n) is 6.11. The Morgan fingerprint density at radius 1 is 1.37 bits per heavy atom. The summed E-state index contributed by atoms with van der Waals surface area (Å²) in [6.45, 7) is 4.20. The van der Waals surface area contributed by atoms with Crippen LogP contribution in [0.1, 0.15) is 11.5 Å². The molecular formula is C15H14N2O2. The number of carbonyl (C=O) groups is 1. The topological polar surface area (TPSA) is 44.1 Å². The largest absolute Gasteiger partial charge is 0.461 e. The van der Waals surface area contributed by atoms with Gasteiger partial charge in [-0.05, 0) is 11.6 Å². The number of carbonyl (C=O) groups excluding carboxylic acids is 1. The molecule has 0 aliphatic carbocycles. The molecule has 96 valence electrons. The van der Waals surface area contributed by atoms with Crippen molar-refractivity contribution in [3.63, 3.8) is 0 Å². The Balaban J connectivity index is 2.08. The highest BCUT2D eigenvalue weighted by atomic mass is 16.5. The first kappa shape index (κ1) is 11.7. The van der Waals surface area contributed by atoms with Crippen LogP contribution in [0.25, 0.3) is 11.3 Å². The summed E-state index contributed by atoms with van der Waals surface area (Å²) in [5, 5.41) is 4.42. The molecule has 19 heavy (non-hydrogen) atoms. The average molecular weight is 254 g/mol. The lowest BCUT2D eigenvalue weighted by Crippen LogP contribution is -2.03. The lowest BCUT2D eigenvalue weighted by Gasteiger charge is -2.12. The number of aromatic nitrogens is 2. The Morgan fingerprint density at radius 2 is 2.16 bits per heavy atom. The van der Waals surface area contributed by atoms with Gasteiger partial charge < -0.3 is 4.74 Å². The SMILES string of the molecule is C=C1C(=O)OCC1c1ccccc1-c1ccn(C)n1. The van der Waals surface area contributed by atoms with Gasteiger partial charge in [-0.3, -0.25) is 4.68 Å². The average Bonchev–Trinajstić information content (AvgIpc) is 2.98. The fraction of sp³-hybridized carbons (Fsp3) is 0.200. The van der Waals surface area contributed by atoms with E-state index in [1.165, 1.54) is 0 Å². The van der Waals surface area contributed by atoms with E-state index in [-0.39, 0.29) is 11.9 Å². The number of aryl methyl sites for hydroxylation is 1. The zero-order valence-electron chi connectivity index (χ0n) is 10.7. The molecule has 3 rings (SSSR count). The molecule has 0 radical (unpaired) electrons. The highest BCUT2D eigenvalue weighted by Gasteiger charge is 2.31. The van der Waals surface area contributed by atoms with E-state index < -0.39 is 0 Å². The molecular weight excluding hydrogens is 240 g/mol. The second kappa shape index (κ2) is 4.39. The molecule has 1 unspecified atom stereocenters. The van der Waals surface area contributed by atoms with Crippen LogP contribution in [0.5, 0.6) is 0 Å². The van der Waals surface area contributed by atoms with Gasteiger partial charge in [0, 0.05) is 24.4 Å². The Kier molecular flexibility index (Phi) is 2.71. The van der Waals surface area contributed by atoms with Crippen LogP contribution >= 0.6 is 0 Å². The molecule has 4 nitrogen and oxygen atoms in total. The third kappa shape index (κ3) is 1.95. The summed E-state index contributed by atoms with van der Waals surface area (Å²) in [6, 6.07) is 9.89.